The number of benzene rings is 1. The number of hydrogen-bond donors (Lipinski definition) is 2. The van der Waals surface area contributed by atoms with Crippen molar-refractivity contribution in [2.75, 3.05) is 11.9 Å². The molecular formula is C14H22N2O2S. The zero-order valence-electron chi connectivity index (χ0n) is 11.6. The first kappa shape index (κ1) is 14.3. The fourth-order valence-corrected chi connectivity index (χ4v) is 3.77. The van der Waals surface area contributed by atoms with Crippen molar-refractivity contribution in [3.8, 4) is 0 Å². The minimum Gasteiger partial charge on any atom is -0.385 e. The minimum absolute atomic E-state index is 0.0239. The first-order valence-electron chi connectivity index (χ1n) is 6.92. The highest BCUT2D eigenvalue weighted by molar-refractivity contribution is 7.89. The van der Waals surface area contributed by atoms with Crippen LogP contribution in [-0.4, -0.2) is 21.0 Å². The molecule has 0 bridgehead atoms. The van der Waals surface area contributed by atoms with E-state index < -0.39 is 10.0 Å². The summed E-state index contributed by atoms with van der Waals surface area (Å²) in [6, 6.07) is 5.32. The molecular weight excluding hydrogens is 260 g/mol. The standard InChI is InChI=1S/C14H22N2O2S/c1-3-5-11(2)16-19(17,18)13-7-8-14-12(10-13)6-4-9-15-14/h7-8,10-11,15-16H,3-6,9H2,1-2H3. The second-order valence-electron chi connectivity index (χ2n) is 5.16. The van der Waals surface area contributed by atoms with Crippen LogP contribution in [0, 0.1) is 0 Å². The highest BCUT2D eigenvalue weighted by Crippen LogP contribution is 2.25. The molecule has 0 saturated carbocycles. The topological polar surface area (TPSA) is 58.2 Å². The van der Waals surface area contributed by atoms with Gasteiger partial charge in [0.1, 0.15) is 0 Å². The Morgan fingerprint density at radius 3 is 2.95 bits per heavy atom. The molecule has 5 heteroatoms. The van der Waals surface area contributed by atoms with Crippen molar-refractivity contribution in [2.24, 2.45) is 0 Å². The van der Waals surface area contributed by atoms with Gasteiger partial charge in [0.05, 0.1) is 4.90 Å². The molecule has 0 aliphatic carbocycles. The summed E-state index contributed by atoms with van der Waals surface area (Å²) in [5.74, 6) is 0. The molecule has 1 aromatic carbocycles. The van der Waals surface area contributed by atoms with Gasteiger partial charge < -0.3 is 5.32 Å². The minimum atomic E-state index is -3.39. The van der Waals surface area contributed by atoms with Crippen LogP contribution >= 0.6 is 0 Å². The van der Waals surface area contributed by atoms with E-state index >= 15 is 0 Å². The molecule has 0 spiro atoms. The van der Waals surface area contributed by atoms with Crippen LogP contribution < -0.4 is 10.0 Å². The van der Waals surface area contributed by atoms with E-state index in [1.54, 1.807) is 12.1 Å². The normalized spacial score (nSPS) is 16.5. The molecule has 106 valence electrons. The lowest BCUT2D eigenvalue weighted by atomic mass is 10.0. The van der Waals surface area contributed by atoms with E-state index in [4.69, 9.17) is 0 Å². The number of anilines is 1. The van der Waals surface area contributed by atoms with Crippen molar-refractivity contribution in [3.63, 3.8) is 0 Å². The molecule has 1 aliphatic rings. The lowest BCUT2D eigenvalue weighted by Gasteiger charge is -2.19. The Morgan fingerprint density at radius 1 is 1.42 bits per heavy atom. The Balaban J connectivity index is 2.21. The van der Waals surface area contributed by atoms with Crippen LogP contribution in [0.3, 0.4) is 0 Å². The second kappa shape index (κ2) is 5.92. The van der Waals surface area contributed by atoms with Crippen LogP contribution in [0.5, 0.6) is 0 Å². The van der Waals surface area contributed by atoms with Crippen LogP contribution in [0.1, 0.15) is 38.7 Å². The molecule has 1 heterocycles. The predicted molar refractivity (Wildman–Crippen MR) is 77.9 cm³/mol. The van der Waals surface area contributed by atoms with E-state index in [1.165, 1.54) is 0 Å². The quantitative estimate of drug-likeness (QED) is 0.872. The van der Waals surface area contributed by atoms with Gasteiger partial charge in [0.25, 0.3) is 0 Å². The summed E-state index contributed by atoms with van der Waals surface area (Å²) in [5, 5.41) is 3.29. The third kappa shape index (κ3) is 3.48. The van der Waals surface area contributed by atoms with E-state index in [1.807, 2.05) is 13.0 Å². The third-order valence-corrected chi connectivity index (χ3v) is 4.99. The van der Waals surface area contributed by atoms with Crippen LogP contribution in [0.2, 0.25) is 0 Å². The summed E-state index contributed by atoms with van der Waals surface area (Å²) in [6.07, 6.45) is 3.82. The molecule has 1 aromatic rings. The van der Waals surface area contributed by atoms with Gasteiger partial charge >= 0.3 is 0 Å². The van der Waals surface area contributed by atoms with Gasteiger partial charge in [-0.2, -0.15) is 0 Å². The molecule has 0 amide bonds. The Bertz CT molecular complexity index is 540. The number of hydrogen-bond acceptors (Lipinski definition) is 3. The first-order valence-corrected chi connectivity index (χ1v) is 8.40. The predicted octanol–water partition coefficient (Wildman–Crippen LogP) is 2.51. The van der Waals surface area contributed by atoms with Crippen LogP contribution in [0.4, 0.5) is 5.69 Å². The molecule has 0 radical (unpaired) electrons. The van der Waals surface area contributed by atoms with Gasteiger partial charge in [0.15, 0.2) is 0 Å². The summed E-state index contributed by atoms with van der Waals surface area (Å²) < 4.78 is 27.3. The first-order chi connectivity index (χ1) is 9.03. The van der Waals surface area contributed by atoms with Gasteiger partial charge in [-0.15, -0.1) is 0 Å². The largest absolute Gasteiger partial charge is 0.385 e. The SMILES string of the molecule is CCCC(C)NS(=O)(=O)c1ccc2c(c1)CCCN2. The molecule has 0 saturated heterocycles. The number of fused-ring (bicyclic) bond motifs is 1. The van der Waals surface area contributed by atoms with Crippen molar-refractivity contribution >= 4 is 15.7 Å². The number of sulfonamides is 1. The van der Waals surface area contributed by atoms with Crippen molar-refractivity contribution < 1.29 is 8.42 Å². The van der Waals surface area contributed by atoms with Gasteiger partial charge in [0.2, 0.25) is 10.0 Å². The Hall–Kier alpha value is -1.07. The average molecular weight is 282 g/mol. The average Bonchev–Trinajstić information content (AvgIpc) is 2.37. The molecule has 1 atom stereocenters. The fourth-order valence-electron chi connectivity index (χ4n) is 2.44. The molecule has 0 fully saturated rings. The zero-order valence-corrected chi connectivity index (χ0v) is 12.4. The highest BCUT2D eigenvalue weighted by atomic mass is 32.2. The lowest BCUT2D eigenvalue weighted by molar-refractivity contribution is 0.544. The van der Waals surface area contributed by atoms with Crippen molar-refractivity contribution in [1.29, 1.82) is 0 Å². The van der Waals surface area contributed by atoms with Gasteiger partial charge in [-0.3, -0.25) is 0 Å². The fraction of sp³-hybridized carbons (Fsp3) is 0.571. The number of aryl methyl sites for hydroxylation is 1. The van der Waals surface area contributed by atoms with E-state index in [0.717, 1.165) is 43.5 Å². The van der Waals surface area contributed by atoms with E-state index in [0.29, 0.717) is 4.90 Å². The molecule has 2 rings (SSSR count). The Kier molecular flexibility index (Phi) is 4.47. The maximum Gasteiger partial charge on any atom is 0.240 e. The van der Waals surface area contributed by atoms with Crippen LogP contribution in [0.15, 0.2) is 23.1 Å². The van der Waals surface area contributed by atoms with Gasteiger partial charge in [0, 0.05) is 18.3 Å². The summed E-state index contributed by atoms with van der Waals surface area (Å²) in [4.78, 5) is 0.373. The van der Waals surface area contributed by atoms with Gasteiger partial charge in [-0.25, -0.2) is 13.1 Å². The van der Waals surface area contributed by atoms with E-state index in [2.05, 4.69) is 17.0 Å². The van der Waals surface area contributed by atoms with Crippen LogP contribution in [-0.2, 0) is 16.4 Å². The Labute approximate surface area is 115 Å². The monoisotopic (exact) mass is 282 g/mol. The molecule has 0 aromatic heterocycles. The summed E-state index contributed by atoms with van der Waals surface area (Å²) in [6.45, 7) is 4.92. The van der Waals surface area contributed by atoms with Gasteiger partial charge in [-0.05, 0) is 49.9 Å². The summed E-state index contributed by atoms with van der Waals surface area (Å²) >= 11 is 0. The van der Waals surface area contributed by atoms with E-state index in [-0.39, 0.29) is 6.04 Å². The zero-order chi connectivity index (χ0) is 13.9. The molecule has 1 aliphatic heterocycles. The molecule has 1 unspecified atom stereocenters. The summed E-state index contributed by atoms with van der Waals surface area (Å²) in [7, 11) is -3.39. The van der Waals surface area contributed by atoms with E-state index in [9.17, 15) is 8.42 Å². The molecule has 19 heavy (non-hydrogen) atoms. The van der Waals surface area contributed by atoms with Crippen molar-refractivity contribution in [1.82, 2.24) is 4.72 Å². The maximum atomic E-state index is 12.3. The maximum absolute atomic E-state index is 12.3. The smallest absolute Gasteiger partial charge is 0.240 e. The number of nitrogens with one attached hydrogen (secondary N) is 2. The number of rotatable bonds is 5. The van der Waals surface area contributed by atoms with Gasteiger partial charge in [-0.1, -0.05) is 13.3 Å². The molecule has 2 N–H and O–H groups in total. The third-order valence-electron chi connectivity index (χ3n) is 3.40. The lowest BCUT2D eigenvalue weighted by Crippen LogP contribution is -2.32. The van der Waals surface area contributed by atoms with Crippen molar-refractivity contribution in [3.05, 3.63) is 23.8 Å². The Morgan fingerprint density at radius 2 is 2.21 bits per heavy atom. The molecule has 4 nitrogen and oxygen atoms in total. The summed E-state index contributed by atoms with van der Waals surface area (Å²) in [5.41, 5.74) is 2.16. The van der Waals surface area contributed by atoms with Crippen LogP contribution in [0.25, 0.3) is 0 Å². The second-order valence-corrected chi connectivity index (χ2v) is 6.87. The highest BCUT2D eigenvalue weighted by Gasteiger charge is 2.19. The van der Waals surface area contributed by atoms with Crippen molar-refractivity contribution in [2.45, 2.75) is 50.5 Å².